The van der Waals surface area contributed by atoms with Crippen LogP contribution in [-0.2, 0) is 19.3 Å². The van der Waals surface area contributed by atoms with Gasteiger partial charge in [-0.1, -0.05) is 30.3 Å². The Morgan fingerprint density at radius 3 is 2.38 bits per heavy atom. The monoisotopic (exact) mass is 471 g/mol. The van der Waals surface area contributed by atoms with Gasteiger partial charge in [-0.25, -0.2) is 9.37 Å². The molecule has 0 amide bonds. The molecule has 2 unspecified atom stereocenters. The predicted molar refractivity (Wildman–Crippen MR) is 120 cm³/mol. The molecule has 34 heavy (non-hydrogen) atoms. The van der Waals surface area contributed by atoms with Crippen LogP contribution in [0.2, 0.25) is 0 Å². The number of rotatable bonds is 8. The van der Waals surface area contributed by atoms with E-state index in [-0.39, 0.29) is 0 Å². The van der Waals surface area contributed by atoms with Gasteiger partial charge >= 0.3 is 6.18 Å². The summed E-state index contributed by atoms with van der Waals surface area (Å²) in [6.07, 6.45) is -2.83. The van der Waals surface area contributed by atoms with E-state index in [1.54, 1.807) is 0 Å². The lowest BCUT2D eigenvalue weighted by Gasteiger charge is -2.19. The molecule has 5 rings (SSSR count). The van der Waals surface area contributed by atoms with Gasteiger partial charge in [0, 0.05) is 38.4 Å². The molecule has 1 N–H and O–H groups in total. The van der Waals surface area contributed by atoms with Gasteiger partial charge in [-0.3, -0.25) is 4.90 Å². The maximum atomic E-state index is 13.4. The fourth-order valence-corrected chi connectivity index (χ4v) is 4.88. The molecule has 1 aliphatic carbocycles. The molecule has 0 spiro atoms. The number of piperidine rings is 1. The summed E-state index contributed by atoms with van der Waals surface area (Å²) in [4.78, 5) is 6.82. The number of hydrogen-bond donors (Lipinski definition) is 1. The molecule has 2 heterocycles. The quantitative estimate of drug-likeness (QED) is 0.441. The second kappa shape index (κ2) is 9.35. The Hall–Kier alpha value is -2.97. The molecule has 0 bridgehead atoms. The molecule has 0 radical (unpaired) electrons. The number of alkyl halides is 3. The fourth-order valence-electron chi connectivity index (χ4n) is 4.88. The number of likely N-dealkylation sites (tertiary alicyclic amines) is 1. The van der Waals surface area contributed by atoms with Gasteiger partial charge in [-0.05, 0) is 59.7 Å². The number of halogens is 4. The lowest BCUT2D eigenvalue weighted by Crippen LogP contribution is -2.27. The van der Waals surface area contributed by atoms with Crippen LogP contribution in [-0.4, -0.2) is 29.5 Å². The standard InChI is InChI=1S/C26H25F4N3O/c27-24-8-6-17(10-23(24)26(28,29)30)11-31-13-20-21-15-33(16-22(20)21)14-18-7-9-25(32-12-18)34-19-4-2-1-3-5-19/h1-10,12,20-22,31H,11,13-16H2. The Balaban J connectivity index is 1.05. The van der Waals surface area contributed by atoms with Crippen molar-refractivity contribution in [2.45, 2.75) is 19.3 Å². The number of nitrogens with one attached hydrogen (secondary N) is 1. The molecule has 1 saturated heterocycles. The van der Waals surface area contributed by atoms with E-state index >= 15 is 0 Å². The largest absolute Gasteiger partial charge is 0.439 e. The molecule has 178 valence electrons. The van der Waals surface area contributed by atoms with Gasteiger partial charge in [0.2, 0.25) is 5.88 Å². The average Bonchev–Trinajstić information content (AvgIpc) is 3.26. The molecule has 1 saturated carbocycles. The van der Waals surface area contributed by atoms with Gasteiger partial charge in [0.1, 0.15) is 11.6 Å². The van der Waals surface area contributed by atoms with Crippen molar-refractivity contribution in [2.24, 2.45) is 17.8 Å². The second-order valence-corrected chi connectivity index (χ2v) is 9.05. The smallest absolute Gasteiger partial charge is 0.419 e. The Morgan fingerprint density at radius 1 is 0.971 bits per heavy atom. The number of ether oxygens (including phenoxy) is 1. The first-order valence-corrected chi connectivity index (χ1v) is 11.3. The lowest BCUT2D eigenvalue weighted by molar-refractivity contribution is -0.140. The van der Waals surface area contributed by atoms with Crippen LogP contribution in [0.25, 0.3) is 0 Å². The van der Waals surface area contributed by atoms with E-state index in [0.717, 1.165) is 49.6 Å². The molecule has 4 nitrogen and oxygen atoms in total. The van der Waals surface area contributed by atoms with Crippen LogP contribution in [0.4, 0.5) is 17.6 Å². The summed E-state index contributed by atoms with van der Waals surface area (Å²) in [5.41, 5.74) is 0.362. The van der Waals surface area contributed by atoms with Gasteiger partial charge < -0.3 is 10.1 Å². The molecule has 2 aliphatic rings. The summed E-state index contributed by atoms with van der Waals surface area (Å²) in [6, 6.07) is 16.6. The van der Waals surface area contributed by atoms with Crippen molar-refractivity contribution in [3.63, 3.8) is 0 Å². The van der Waals surface area contributed by atoms with Gasteiger partial charge in [-0.2, -0.15) is 13.2 Å². The van der Waals surface area contributed by atoms with Crippen molar-refractivity contribution >= 4 is 0 Å². The minimum absolute atomic E-state index is 0.298. The van der Waals surface area contributed by atoms with Crippen molar-refractivity contribution < 1.29 is 22.3 Å². The molecular weight excluding hydrogens is 446 g/mol. The topological polar surface area (TPSA) is 37.4 Å². The zero-order valence-corrected chi connectivity index (χ0v) is 18.4. The SMILES string of the molecule is Fc1ccc(CNCC2C3CN(Cc4ccc(Oc5ccccc5)nc4)CC23)cc1C(F)(F)F. The zero-order valence-electron chi connectivity index (χ0n) is 18.4. The van der Waals surface area contributed by atoms with Crippen LogP contribution < -0.4 is 10.1 Å². The van der Waals surface area contributed by atoms with Crippen molar-refractivity contribution in [1.82, 2.24) is 15.2 Å². The number of hydrogen-bond acceptors (Lipinski definition) is 4. The highest BCUT2D eigenvalue weighted by Crippen LogP contribution is 2.51. The van der Waals surface area contributed by atoms with Crippen LogP contribution >= 0.6 is 0 Å². The third-order valence-corrected chi connectivity index (χ3v) is 6.66. The number of para-hydroxylation sites is 1. The summed E-state index contributed by atoms with van der Waals surface area (Å²) >= 11 is 0. The summed E-state index contributed by atoms with van der Waals surface area (Å²) in [7, 11) is 0. The summed E-state index contributed by atoms with van der Waals surface area (Å²) in [6.45, 7) is 3.91. The molecular formula is C26H25F4N3O. The highest BCUT2D eigenvalue weighted by Gasteiger charge is 2.54. The second-order valence-electron chi connectivity index (χ2n) is 9.05. The van der Waals surface area contributed by atoms with Crippen LogP contribution in [0.15, 0.2) is 66.9 Å². The molecule has 3 aromatic rings. The first kappa shape index (κ1) is 22.8. The zero-order chi connectivity index (χ0) is 23.7. The van der Waals surface area contributed by atoms with Crippen LogP contribution in [0, 0.1) is 23.6 Å². The van der Waals surface area contributed by atoms with Gasteiger partial charge in [-0.15, -0.1) is 0 Å². The van der Waals surface area contributed by atoms with E-state index in [0.29, 0.717) is 35.7 Å². The van der Waals surface area contributed by atoms with E-state index < -0.39 is 17.6 Å². The van der Waals surface area contributed by atoms with Crippen molar-refractivity contribution in [3.8, 4) is 11.6 Å². The number of fused-ring (bicyclic) bond motifs is 1. The van der Waals surface area contributed by atoms with Crippen molar-refractivity contribution in [3.05, 3.63) is 89.4 Å². The summed E-state index contributed by atoms with van der Waals surface area (Å²) < 4.78 is 57.8. The highest BCUT2D eigenvalue weighted by molar-refractivity contribution is 5.28. The van der Waals surface area contributed by atoms with E-state index in [1.807, 2.05) is 48.7 Å². The number of benzene rings is 2. The normalized spacial score (nSPS) is 21.9. The first-order valence-electron chi connectivity index (χ1n) is 11.3. The van der Waals surface area contributed by atoms with Crippen molar-refractivity contribution in [2.75, 3.05) is 19.6 Å². The lowest BCUT2D eigenvalue weighted by atomic mass is 10.1. The van der Waals surface area contributed by atoms with Gasteiger partial charge in [0.25, 0.3) is 0 Å². The summed E-state index contributed by atoms with van der Waals surface area (Å²) in [5, 5.41) is 3.25. The predicted octanol–water partition coefficient (Wildman–Crippen LogP) is 5.50. The Morgan fingerprint density at radius 2 is 1.71 bits per heavy atom. The van der Waals surface area contributed by atoms with E-state index in [9.17, 15) is 17.6 Å². The highest BCUT2D eigenvalue weighted by atomic mass is 19.4. The number of nitrogens with zero attached hydrogens (tertiary/aromatic N) is 2. The first-order chi connectivity index (χ1) is 16.4. The summed E-state index contributed by atoms with van der Waals surface area (Å²) in [5.74, 6) is 1.84. The Labute approximate surface area is 195 Å². The number of pyridine rings is 1. The van der Waals surface area contributed by atoms with E-state index in [4.69, 9.17) is 4.74 Å². The Kier molecular flexibility index (Phi) is 6.27. The minimum Gasteiger partial charge on any atom is -0.439 e. The fraction of sp³-hybridized carbons (Fsp3) is 0.346. The third-order valence-electron chi connectivity index (χ3n) is 6.66. The molecule has 8 heteroatoms. The van der Waals surface area contributed by atoms with Crippen LogP contribution in [0.5, 0.6) is 11.6 Å². The maximum Gasteiger partial charge on any atom is 0.419 e. The van der Waals surface area contributed by atoms with Crippen molar-refractivity contribution in [1.29, 1.82) is 0 Å². The molecule has 2 fully saturated rings. The van der Waals surface area contributed by atoms with Crippen LogP contribution in [0.1, 0.15) is 16.7 Å². The van der Waals surface area contributed by atoms with Gasteiger partial charge in [0.15, 0.2) is 0 Å². The van der Waals surface area contributed by atoms with Gasteiger partial charge in [0.05, 0.1) is 5.56 Å². The minimum atomic E-state index is -4.68. The third kappa shape index (κ3) is 5.23. The molecule has 1 aromatic heterocycles. The average molecular weight is 471 g/mol. The molecule has 2 aromatic carbocycles. The van der Waals surface area contributed by atoms with E-state index in [2.05, 4.69) is 15.2 Å². The maximum absolute atomic E-state index is 13.4. The van der Waals surface area contributed by atoms with E-state index in [1.165, 1.54) is 6.07 Å². The number of aromatic nitrogens is 1. The Bertz CT molecular complexity index is 1110. The molecule has 1 aliphatic heterocycles. The molecule has 2 atom stereocenters. The van der Waals surface area contributed by atoms with Crippen LogP contribution in [0.3, 0.4) is 0 Å².